The molecule has 0 aromatic heterocycles. The summed E-state index contributed by atoms with van der Waals surface area (Å²) < 4.78 is 6.02. The second-order valence-corrected chi connectivity index (χ2v) is 9.06. The highest BCUT2D eigenvalue weighted by Gasteiger charge is 2.36. The number of unbranched alkanes of at least 4 members (excludes halogenated alkanes) is 2. The summed E-state index contributed by atoms with van der Waals surface area (Å²) in [5.74, 6) is 1.74. The van der Waals surface area contributed by atoms with Crippen molar-refractivity contribution in [1.82, 2.24) is 10.2 Å². The van der Waals surface area contributed by atoms with Crippen LogP contribution < -0.4 is 10.1 Å². The quantitative estimate of drug-likeness (QED) is 0.579. The van der Waals surface area contributed by atoms with Crippen molar-refractivity contribution in [1.29, 1.82) is 0 Å². The normalized spacial score (nSPS) is 22.4. The molecule has 2 heterocycles. The molecule has 3 heteroatoms. The van der Waals surface area contributed by atoms with Gasteiger partial charge in [0, 0.05) is 36.2 Å². The van der Waals surface area contributed by atoms with Gasteiger partial charge in [-0.2, -0.15) is 0 Å². The van der Waals surface area contributed by atoms with Gasteiger partial charge in [0.25, 0.3) is 0 Å². The van der Waals surface area contributed by atoms with Crippen LogP contribution in [0.4, 0.5) is 0 Å². The third-order valence-electron chi connectivity index (χ3n) is 6.92. The van der Waals surface area contributed by atoms with Gasteiger partial charge < -0.3 is 15.0 Å². The number of rotatable bonds is 9. The Morgan fingerprint density at radius 2 is 2.14 bits per heavy atom. The first-order chi connectivity index (χ1) is 13.7. The molecule has 2 atom stereocenters. The van der Waals surface area contributed by atoms with Crippen LogP contribution >= 0.6 is 0 Å². The highest BCUT2D eigenvalue weighted by atomic mass is 16.5. The smallest absolute Gasteiger partial charge is 0.123 e. The van der Waals surface area contributed by atoms with Crippen molar-refractivity contribution in [3.05, 3.63) is 41.1 Å². The Hall–Kier alpha value is -1.48. The molecule has 0 spiro atoms. The molecule has 2 fully saturated rings. The zero-order chi connectivity index (χ0) is 19.5. The van der Waals surface area contributed by atoms with E-state index in [1.165, 1.54) is 73.8 Å². The lowest BCUT2D eigenvalue weighted by molar-refractivity contribution is 0.216. The van der Waals surface area contributed by atoms with E-state index in [1.54, 1.807) is 0 Å². The number of benzene rings is 1. The Bertz CT molecular complexity index is 688. The number of hydrogen-bond donors (Lipinski definition) is 1. The van der Waals surface area contributed by atoms with E-state index in [4.69, 9.17) is 4.74 Å². The minimum Gasteiger partial charge on any atom is -0.493 e. The first-order valence-electron chi connectivity index (χ1n) is 11.7. The second-order valence-electron chi connectivity index (χ2n) is 9.06. The van der Waals surface area contributed by atoms with Gasteiger partial charge in [0.2, 0.25) is 0 Å². The molecule has 154 valence electrons. The van der Waals surface area contributed by atoms with E-state index in [9.17, 15) is 0 Å². The molecule has 2 unspecified atom stereocenters. The molecular formula is C25H38N2O. The first kappa shape index (κ1) is 19.8. The molecule has 1 saturated heterocycles. The van der Waals surface area contributed by atoms with Crippen molar-refractivity contribution in [3.63, 3.8) is 0 Å². The Labute approximate surface area is 171 Å². The van der Waals surface area contributed by atoms with Gasteiger partial charge in [0.15, 0.2) is 0 Å². The molecule has 1 aliphatic carbocycles. The fourth-order valence-electron chi connectivity index (χ4n) is 5.09. The van der Waals surface area contributed by atoms with Gasteiger partial charge in [-0.25, -0.2) is 0 Å². The predicted octanol–water partition coefficient (Wildman–Crippen LogP) is 5.39. The maximum atomic E-state index is 6.02. The van der Waals surface area contributed by atoms with Crippen molar-refractivity contribution >= 4 is 0 Å². The lowest BCUT2D eigenvalue weighted by atomic mass is 9.92. The first-order valence-corrected chi connectivity index (χ1v) is 11.7. The molecule has 4 rings (SSSR count). The topological polar surface area (TPSA) is 24.5 Å². The van der Waals surface area contributed by atoms with Gasteiger partial charge in [0.05, 0.1) is 12.6 Å². The van der Waals surface area contributed by atoms with Crippen LogP contribution in [0.1, 0.15) is 81.5 Å². The maximum Gasteiger partial charge on any atom is 0.123 e. The predicted molar refractivity (Wildman–Crippen MR) is 117 cm³/mol. The molecule has 0 radical (unpaired) electrons. The summed E-state index contributed by atoms with van der Waals surface area (Å²) in [4.78, 5) is 2.66. The number of piperidine rings is 1. The van der Waals surface area contributed by atoms with Gasteiger partial charge in [0.1, 0.15) is 5.75 Å². The molecule has 3 aliphatic rings. The van der Waals surface area contributed by atoms with Gasteiger partial charge >= 0.3 is 0 Å². The molecule has 0 bridgehead atoms. The lowest BCUT2D eigenvalue weighted by Gasteiger charge is -2.38. The van der Waals surface area contributed by atoms with Crippen LogP contribution in [0.25, 0.3) is 0 Å². The lowest BCUT2D eigenvalue weighted by Crippen LogP contribution is -2.38. The summed E-state index contributed by atoms with van der Waals surface area (Å²) in [5, 5.41) is 3.57. The van der Waals surface area contributed by atoms with Crippen LogP contribution in [0.5, 0.6) is 5.75 Å². The molecule has 28 heavy (non-hydrogen) atoms. The molecule has 1 aromatic rings. The van der Waals surface area contributed by atoms with Crippen LogP contribution in [-0.2, 0) is 12.8 Å². The average molecular weight is 383 g/mol. The maximum absolute atomic E-state index is 6.02. The summed E-state index contributed by atoms with van der Waals surface area (Å²) in [5.41, 5.74) is 5.78. The standard InChI is InChI=1S/C25H38N2O/c1-4-5-6-8-20-15-22(16-25-24(20)12-14-28-25)19(3)27(23-10-11-23)18(2)21-9-7-13-26-17-21/h15-16,19,21,23,26H,2,4-14,17H2,1,3H3. The zero-order valence-electron chi connectivity index (χ0n) is 17.9. The van der Waals surface area contributed by atoms with Crippen molar-refractivity contribution < 1.29 is 4.74 Å². The van der Waals surface area contributed by atoms with E-state index in [0.29, 0.717) is 18.0 Å². The van der Waals surface area contributed by atoms with E-state index < -0.39 is 0 Å². The van der Waals surface area contributed by atoms with Crippen molar-refractivity contribution in [3.8, 4) is 5.75 Å². The number of nitrogens with one attached hydrogen (secondary N) is 1. The average Bonchev–Trinajstić information content (AvgIpc) is 3.43. The van der Waals surface area contributed by atoms with Gasteiger partial charge in [-0.1, -0.05) is 32.4 Å². The second kappa shape index (κ2) is 8.90. The summed E-state index contributed by atoms with van der Waals surface area (Å²) >= 11 is 0. The van der Waals surface area contributed by atoms with Crippen LogP contribution in [0.3, 0.4) is 0 Å². The van der Waals surface area contributed by atoms with E-state index in [2.05, 4.69) is 42.8 Å². The summed E-state index contributed by atoms with van der Waals surface area (Å²) in [6.07, 6.45) is 11.3. The largest absolute Gasteiger partial charge is 0.493 e. The Morgan fingerprint density at radius 1 is 1.29 bits per heavy atom. The third kappa shape index (κ3) is 4.25. The molecule has 1 aromatic carbocycles. The highest BCUT2D eigenvalue weighted by molar-refractivity contribution is 5.47. The summed E-state index contributed by atoms with van der Waals surface area (Å²) in [7, 11) is 0. The fourth-order valence-corrected chi connectivity index (χ4v) is 5.09. The van der Waals surface area contributed by atoms with Gasteiger partial charge in [-0.3, -0.25) is 0 Å². The molecule has 3 nitrogen and oxygen atoms in total. The number of hydrogen-bond acceptors (Lipinski definition) is 3. The van der Waals surface area contributed by atoms with E-state index >= 15 is 0 Å². The minimum atomic E-state index is 0.376. The van der Waals surface area contributed by atoms with Crippen LogP contribution in [0.2, 0.25) is 0 Å². The van der Waals surface area contributed by atoms with E-state index in [0.717, 1.165) is 31.9 Å². The Balaban J connectivity index is 1.57. The number of nitrogens with zero attached hydrogens (tertiary/aromatic N) is 1. The molecule has 0 amide bonds. The van der Waals surface area contributed by atoms with Crippen molar-refractivity contribution in [2.45, 2.75) is 83.7 Å². The third-order valence-corrected chi connectivity index (χ3v) is 6.92. The zero-order valence-corrected chi connectivity index (χ0v) is 17.9. The van der Waals surface area contributed by atoms with Crippen LogP contribution in [-0.4, -0.2) is 30.6 Å². The fraction of sp³-hybridized carbons (Fsp3) is 0.680. The molecule has 1 N–H and O–H groups in total. The van der Waals surface area contributed by atoms with E-state index in [1.807, 2.05) is 0 Å². The SMILES string of the molecule is C=C(C1CCCNC1)N(C1CC1)C(C)c1cc(CCCCC)c2c(c1)OCC2. The number of ether oxygens (including phenoxy) is 1. The van der Waals surface area contributed by atoms with Crippen LogP contribution in [0, 0.1) is 5.92 Å². The minimum absolute atomic E-state index is 0.376. The molecular weight excluding hydrogens is 344 g/mol. The van der Waals surface area contributed by atoms with Crippen molar-refractivity contribution in [2.75, 3.05) is 19.7 Å². The highest BCUT2D eigenvalue weighted by Crippen LogP contribution is 2.42. The Morgan fingerprint density at radius 3 is 2.86 bits per heavy atom. The van der Waals surface area contributed by atoms with Crippen LogP contribution in [0.15, 0.2) is 24.4 Å². The number of aryl methyl sites for hydroxylation is 1. The van der Waals surface area contributed by atoms with E-state index in [-0.39, 0.29) is 0 Å². The number of fused-ring (bicyclic) bond motifs is 1. The molecule has 2 aliphatic heterocycles. The monoisotopic (exact) mass is 382 g/mol. The summed E-state index contributed by atoms with van der Waals surface area (Å²) in [6, 6.07) is 5.89. The molecule has 1 saturated carbocycles. The Kier molecular flexibility index (Phi) is 6.30. The summed E-state index contributed by atoms with van der Waals surface area (Å²) in [6.45, 7) is 12.4. The van der Waals surface area contributed by atoms with Crippen molar-refractivity contribution in [2.24, 2.45) is 5.92 Å². The van der Waals surface area contributed by atoms with Gasteiger partial charge in [-0.05, 0) is 69.2 Å². The van der Waals surface area contributed by atoms with Gasteiger partial charge in [-0.15, -0.1) is 0 Å².